The summed E-state index contributed by atoms with van der Waals surface area (Å²) in [5.41, 5.74) is 6.74. The van der Waals surface area contributed by atoms with Crippen LogP contribution in [0.4, 0.5) is 0 Å². The molecule has 0 spiro atoms. The molecule has 1 atom stereocenters. The van der Waals surface area contributed by atoms with Crippen molar-refractivity contribution in [3.05, 3.63) is 34.3 Å². The minimum absolute atomic E-state index is 0.0783. The van der Waals surface area contributed by atoms with E-state index in [1.807, 2.05) is 12.1 Å². The Bertz CT molecular complexity index is 418. The molecule has 0 bridgehead atoms. The van der Waals surface area contributed by atoms with Gasteiger partial charge in [0.2, 0.25) is 5.91 Å². The van der Waals surface area contributed by atoms with Gasteiger partial charge in [-0.05, 0) is 36.5 Å². The molecule has 0 fully saturated rings. The molecule has 20 heavy (non-hydrogen) atoms. The molecule has 0 aliphatic carbocycles. The van der Waals surface area contributed by atoms with Crippen molar-refractivity contribution in [1.82, 2.24) is 5.32 Å². The Morgan fingerprint density at radius 1 is 1.30 bits per heavy atom. The van der Waals surface area contributed by atoms with Crippen LogP contribution in [0.1, 0.15) is 51.5 Å². The van der Waals surface area contributed by atoms with E-state index >= 15 is 0 Å². The molecule has 1 rings (SSSR count). The molecule has 0 saturated carbocycles. The minimum Gasteiger partial charge on any atom is -0.349 e. The van der Waals surface area contributed by atoms with E-state index in [-0.39, 0.29) is 17.4 Å². The van der Waals surface area contributed by atoms with Crippen LogP contribution in [0.2, 0.25) is 0 Å². The molecule has 0 aliphatic rings. The standard InChI is InChI=1S/C16H25BrN2O/c1-4-16(5-2,11-18)19-15(20)10-12(3)13-6-8-14(17)9-7-13/h6-9,12H,4-5,10-11,18H2,1-3H3,(H,19,20). The number of benzene rings is 1. The van der Waals surface area contributed by atoms with Crippen molar-refractivity contribution in [3.8, 4) is 0 Å². The van der Waals surface area contributed by atoms with Gasteiger partial charge in [-0.1, -0.05) is 48.8 Å². The van der Waals surface area contributed by atoms with Gasteiger partial charge in [-0.2, -0.15) is 0 Å². The van der Waals surface area contributed by atoms with Crippen LogP contribution in [0, 0.1) is 0 Å². The first-order valence-corrected chi connectivity index (χ1v) is 8.02. The van der Waals surface area contributed by atoms with Crippen molar-refractivity contribution < 1.29 is 4.79 Å². The van der Waals surface area contributed by atoms with Gasteiger partial charge in [0.25, 0.3) is 0 Å². The van der Waals surface area contributed by atoms with Gasteiger partial charge < -0.3 is 11.1 Å². The van der Waals surface area contributed by atoms with Gasteiger partial charge in [-0.15, -0.1) is 0 Å². The molecular weight excluding hydrogens is 316 g/mol. The number of carbonyl (C=O) groups is 1. The molecule has 0 radical (unpaired) electrons. The fourth-order valence-corrected chi connectivity index (χ4v) is 2.56. The zero-order valence-corrected chi connectivity index (χ0v) is 14.2. The molecule has 0 saturated heterocycles. The topological polar surface area (TPSA) is 55.1 Å². The fourth-order valence-electron chi connectivity index (χ4n) is 2.30. The average Bonchev–Trinajstić information content (AvgIpc) is 2.45. The highest BCUT2D eigenvalue weighted by atomic mass is 79.9. The number of rotatable bonds is 7. The van der Waals surface area contributed by atoms with E-state index in [1.54, 1.807) is 0 Å². The van der Waals surface area contributed by atoms with Crippen LogP contribution in [-0.2, 0) is 4.79 Å². The highest BCUT2D eigenvalue weighted by Crippen LogP contribution is 2.22. The second kappa shape index (κ2) is 7.79. The average molecular weight is 341 g/mol. The molecule has 1 amide bonds. The number of hydrogen-bond acceptors (Lipinski definition) is 2. The van der Waals surface area contributed by atoms with Crippen molar-refractivity contribution in [1.29, 1.82) is 0 Å². The number of halogens is 1. The highest BCUT2D eigenvalue weighted by Gasteiger charge is 2.26. The van der Waals surface area contributed by atoms with Crippen molar-refractivity contribution >= 4 is 21.8 Å². The van der Waals surface area contributed by atoms with Gasteiger partial charge in [0.1, 0.15) is 0 Å². The maximum Gasteiger partial charge on any atom is 0.221 e. The Hall–Kier alpha value is -0.870. The number of amides is 1. The van der Waals surface area contributed by atoms with Crippen molar-refractivity contribution in [2.75, 3.05) is 6.54 Å². The lowest BCUT2D eigenvalue weighted by molar-refractivity contribution is -0.123. The van der Waals surface area contributed by atoms with Gasteiger partial charge >= 0.3 is 0 Å². The molecule has 0 aromatic heterocycles. The molecule has 0 heterocycles. The first kappa shape index (κ1) is 17.2. The maximum absolute atomic E-state index is 12.2. The second-order valence-electron chi connectivity index (χ2n) is 5.40. The van der Waals surface area contributed by atoms with E-state index < -0.39 is 0 Å². The minimum atomic E-state index is -0.253. The number of nitrogens with two attached hydrogens (primary N) is 1. The third-order valence-electron chi connectivity index (χ3n) is 4.08. The summed E-state index contributed by atoms with van der Waals surface area (Å²) in [6.07, 6.45) is 2.21. The van der Waals surface area contributed by atoms with Crippen molar-refractivity contribution in [2.24, 2.45) is 5.73 Å². The largest absolute Gasteiger partial charge is 0.349 e. The van der Waals surface area contributed by atoms with Crippen molar-refractivity contribution in [3.63, 3.8) is 0 Å². The smallest absolute Gasteiger partial charge is 0.221 e. The Balaban J connectivity index is 2.63. The lowest BCUT2D eigenvalue weighted by Crippen LogP contribution is -2.53. The zero-order chi connectivity index (χ0) is 15.2. The molecule has 3 nitrogen and oxygen atoms in total. The Morgan fingerprint density at radius 3 is 2.30 bits per heavy atom. The quantitative estimate of drug-likeness (QED) is 0.796. The monoisotopic (exact) mass is 340 g/mol. The molecule has 1 aromatic carbocycles. The van der Waals surface area contributed by atoms with Crippen molar-refractivity contribution in [2.45, 2.75) is 51.5 Å². The lowest BCUT2D eigenvalue weighted by atomic mass is 9.91. The SMILES string of the molecule is CCC(CC)(CN)NC(=O)CC(C)c1ccc(Br)cc1. The summed E-state index contributed by atoms with van der Waals surface area (Å²) in [5, 5.41) is 3.12. The summed E-state index contributed by atoms with van der Waals surface area (Å²) < 4.78 is 1.05. The van der Waals surface area contributed by atoms with Crippen LogP contribution in [0.3, 0.4) is 0 Å². The second-order valence-corrected chi connectivity index (χ2v) is 6.31. The van der Waals surface area contributed by atoms with Crippen LogP contribution in [0.25, 0.3) is 0 Å². The molecule has 0 aliphatic heterocycles. The van der Waals surface area contributed by atoms with Gasteiger partial charge in [0.15, 0.2) is 0 Å². The summed E-state index contributed by atoms with van der Waals surface area (Å²) in [6, 6.07) is 8.12. The van der Waals surface area contributed by atoms with E-state index in [1.165, 1.54) is 5.56 Å². The summed E-state index contributed by atoms with van der Waals surface area (Å²) >= 11 is 3.42. The lowest BCUT2D eigenvalue weighted by Gasteiger charge is -2.32. The van der Waals surface area contributed by atoms with Crippen LogP contribution in [0.15, 0.2) is 28.7 Å². The highest BCUT2D eigenvalue weighted by molar-refractivity contribution is 9.10. The third kappa shape index (κ3) is 4.60. The van der Waals surface area contributed by atoms with E-state index in [0.717, 1.165) is 17.3 Å². The molecule has 4 heteroatoms. The predicted molar refractivity (Wildman–Crippen MR) is 87.7 cm³/mol. The predicted octanol–water partition coefficient (Wildman–Crippen LogP) is 3.58. The zero-order valence-electron chi connectivity index (χ0n) is 12.6. The van der Waals surface area contributed by atoms with Gasteiger partial charge in [-0.3, -0.25) is 4.79 Å². The first-order valence-electron chi connectivity index (χ1n) is 7.23. The van der Waals surface area contributed by atoms with Crippen LogP contribution in [0.5, 0.6) is 0 Å². The van der Waals surface area contributed by atoms with E-state index in [0.29, 0.717) is 13.0 Å². The Morgan fingerprint density at radius 2 is 1.85 bits per heavy atom. The Kier molecular flexibility index (Phi) is 6.69. The summed E-state index contributed by atoms with van der Waals surface area (Å²) in [5.74, 6) is 0.279. The van der Waals surface area contributed by atoms with Gasteiger partial charge in [0, 0.05) is 17.4 Å². The van der Waals surface area contributed by atoms with E-state index in [9.17, 15) is 4.79 Å². The normalized spacial score (nSPS) is 13.1. The van der Waals surface area contributed by atoms with Crippen LogP contribution < -0.4 is 11.1 Å². The molecule has 3 N–H and O–H groups in total. The van der Waals surface area contributed by atoms with Gasteiger partial charge in [-0.25, -0.2) is 0 Å². The molecule has 1 unspecified atom stereocenters. The van der Waals surface area contributed by atoms with Crippen LogP contribution >= 0.6 is 15.9 Å². The number of nitrogens with one attached hydrogen (secondary N) is 1. The van der Waals surface area contributed by atoms with E-state index in [2.05, 4.69) is 54.2 Å². The Labute approximate surface area is 130 Å². The number of carbonyl (C=O) groups excluding carboxylic acids is 1. The molecule has 112 valence electrons. The summed E-state index contributed by atoms with van der Waals surface area (Å²) in [4.78, 5) is 12.2. The van der Waals surface area contributed by atoms with E-state index in [4.69, 9.17) is 5.73 Å². The summed E-state index contributed by atoms with van der Waals surface area (Å²) in [6.45, 7) is 6.69. The molecular formula is C16H25BrN2O. The molecule has 1 aromatic rings. The van der Waals surface area contributed by atoms with Gasteiger partial charge in [0.05, 0.1) is 5.54 Å². The number of hydrogen-bond donors (Lipinski definition) is 2. The fraction of sp³-hybridized carbons (Fsp3) is 0.562. The van der Waals surface area contributed by atoms with Crippen LogP contribution in [-0.4, -0.2) is 18.0 Å². The summed E-state index contributed by atoms with van der Waals surface area (Å²) in [7, 11) is 0. The first-order chi connectivity index (χ1) is 9.46. The maximum atomic E-state index is 12.2. The third-order valence-corrected chi connectivity index (χ3v) is 4.61.